The third kappa shape index (κ3) is 4.74. The van der Waals surface area contributed by atoms with Gasteiger partial charge in [0.1, 0.15) is 0 Å². The van der Waals surface area contributed by atoms with Crippen molar-refractivity contribution in [2.75, 3.05) is 6.61 Å². The Morgan fingerprint density at radius 1 is 0.969 bits per heavy atom. The molecule has 1 amide bonds. The second-order valence-corrected chi connectivity index (χ2v) is 8.06. The molecule has 0 radical (unpaired) electrons. The molecule has 0 fully saturated rings. The van der Waals surface area contributed by atoms with Crippen LogP contribution >= 0.6 is 11.6 Å². The second kappa shape index (κ2) is 9.39. The minimum Gasteiger partial charge on any atom is -0.479 e. The van der Waals surface area contributed by atoms with Gasteiger partial charge in [0.15, 0.2) is 5.60 Å². The SMILES string of the molecule is O=C(NCc1cccc(CC2(C(=O)O)C=CCO2)c1)c1ccc(-c2ccccc2)cc1Cl. The molecule has 3 aromatic rings. The zero-order valence-electron chi connectivity index (χ0n) is 17.3. The summed E-state index contributed by atoms with van der Waals surface area (Å²) in [4.78, 5) is 24.4. The number of carbonyl (C=O) groups is 2. The quantitative estimate of drug-likeness (QED) is 0.506. The summed E-state index contributed by atoms with van der Waals surface area (Å²) >= 11 is 6.38. The molecule has 1 atom stereocenters. The van der Waals surface area contributed by atoms with Gasteiger partial charge in [-0.05, 0) is 40.5 Å². The summed E-state index contributed by atoms with van der Waals surface area (Å²) in [6.45, 7) is 0.575. The highest BCUT2D eigenvalue weighted by atomic mass is 35.5. The smallest absolute Gasteiger partial charge is 0.340 e. The molecule has 0 saturated carbocycles. The molecule has 1 unspecified atom stereocenters. The summed E-state index contributed by atoms with van der Waals surface area (Å²) in [5, 5.41) is 12.8. The maximum Gasteiger partial charge on any atom is 0.340 e. The number of aliphatic carboxylic acids is 1. The van der Waals surface area contributed by atoms with Gasteiger partial charge >= 0.3 is 5.97 Å². The van der Waals surface area contributed by atoms with Crippen molar-refractivity contribution in [3.8, 4) is 11.1 Å². The van der Waals surface area contributed by atoms with Crippen molar-refractivity contribution in [2.45, 2.75) is 18.6 Å². The minimum atomic E-state index is -1.34. The van der Waals surface area contributed by atoms with Crippen molar-refractivity contribution in [3.05, 3.63) is 107 Å². The van der Waals surface area contributed by atoms with E-state index in [1.807, 2.05) is 60.7 Å². The van der Waals surface area contributed by atoms with E-state index in [0.29, 0.717) is 17.1 Å². The third-order valence-corrected chi connectivity index (χ3v) is 5.73. The van der Waals surface area contributed by atoms with Crippen molar-refractivity contribution in [1.29, 1.82) is 0 Å². The number of hydrogen-bond donors (Lipinski definition) is 2. The van der Waals surface area contributed by atoms with Crippen LogP contribution in [0.3, 0.4) is 0 Å². The van der Waals surface area contributed by atoms with Gasteiger partial charge in [0.2, 0.25) is 0 Å². The number of benzene rings is 3. The van der Waals surface area contributed by atoms with Crippen LogP contribution in [0, 0.1) is 0 Å². The molecule has 5 nitrogen and oxygen atoms in total. The lowest BCUT2D eigenvalue weighted by molar-refractivity contribution is -0.156. The first kappa shape index (κ1) is 21.8. The van der Waals surface area contributed by atoms with Gasteiger partial charge in [-0.3, -0.25) is 4.79 Å². The molecular formula is C26H22ClNO4. The highest BCUT2D eigenvalue weighted by molar-refractivity contribution is 6.34. The average Bonchev–Trinajstić information content (AvgIpc) is 3.28. The maximum absolute atomic E-state index is 12.7. The van der Waals surface area contributed by atoms with Crippen LogP contribution in [0.2, 0.25) is 5.02 Å². The van der Waals surface area contributed by atoms with Gasteiger partial charge in [-0.15, -0.1) is 0 Å². The van der Waals surface area contributed by atoms with Gasteiger partial charge in [-0.25, -0.2) is 4.79 Å². The Morgan fingerprint density at radius 3 is 2.44 bits per heavy atom. The Kier molecular flexibility index (Phi) is 6.40. The second-order valence-electron chi connectivity index (χ2n) is 7.65. The molecule has 0 aliphatic carbocycles. The molecule has 1 aliphatic rings. The molecular weight excluding hydrogens is 426 g/mol. The van der Waals surface area contributed by atoms with E-state index < -0.39 is 11.6 Å². The van der Waals surface area contributed by atoms with Crippen molar-refractivity contribution in [2.24, 2.45) is 0 Å². The topological polar surface area (TPSA) is 75.6 Å². The van der Waals surface area contributed by atoms with E-state index in [1.165, 1.54) is 0 Å². The number of ether oxygens (including phenoxy) is 1. The van der Waals surface area contributed by atoms with Crippen LogP contribution in [0.4, 0.5) is 0 Å². The fraction of sp³-hybridized carbons (Fsp3) is 0.154. The lowest BCUT2D eigenvalue weighted by Gasteiger charge is -2.22. The van der Waals surface area contributed by atoms with E-state index in [-0.39, 0.29) is 18.9 Å². The number of carboxylic acid groups (broad SMARTS) is 1. The molecule has 0 bridgehead atoms. The Hall–Kier alpha value is -3.41. The summed E-state index contributed by atoms with van der Waals surface area (Å²) in [6.07, 6.45) is 3.52. The number of hydrogen-bond acceptors (Lipinski definition) is 3. The summed E-state index contributed by atoms with van der Waals surface area (Å²) in [7, 11) is 0. The molecule has 0 aromatic heterocycles. The van der Waals surface area contributed by atoms with Gasteiger partial charge in [0.25, 0.3) is 5.91 Å². The summed E-state index contributed by atoms with van der Waals surface area (Å²) in [5.41, 5.74) is 2.70. The first-order valence-corrected chi connectivity index (χ1v) is 10.6. The van der Waals surface area contributed by atoms with Crippen molar-refractivity contribution < 1.29 is 19.4 Å². The standard InChI is InChI=1S/C26H22ClNO4/c27-23-15-21(20-8-2-1-3-9-20)10-11-22(23)24(29)28-17-19-7-4-6-18(14-19)16-26(25(30)31)12-5-13-32-26/h1-12,14-15H,13,16-17H2,(H,28,29)(H,30,31). The van der Waals surface area contributed by atoms with Crippen LogP contribution in [-0.4, -0.2) is 29.2 Å². The summed E-state index contributed by atoms with van der Waals surface area (Å²) in [5.74, 6) is -1.29. The highest BCUT2D eigenvalue weighted by Gasteiger charge is 2.39. The fourth-order valence-electron chi connectivity index (χ4n) is 3.74. The summed E-state index contributed by atoms with van der Waals surface area (Å²) in [6, 6.07) is 22.6. The molecule has 0 spiro atoms. The van der Waals surface area contributed by atoms with Gasteiger partial charge in [0, 0.05) is 13.0 Å². The van der Waals surface area contributed by atoms with Crippen LogP contribution in [0.25, 0.3) is 11.1 Å². The lowest BCUT2D eigenvalue weighted by Crippen LogP contribution is -2.39. The predicted molar refractivity (Wildman–Crippen MR) is 124 cm³/mol. The van der Waals surface area contributed by atoms with E-state index in [9.17, 15) is 14.7 Å². The fourth-order valence-corrected chi connectivity index (χ4v) is 4.01. The molecule has 1 aliphatic heterocycles. The molecule has 2 N–H and O–H groups in total. The Balaban J connectivity index is 1.43. The lowest BCUT2D eigenvalue weighted by atomic mass is 9.94. The van der Waals surface area contributed by atoms with Crippen molar-refractivity contribution in [1.82, 2.24) is 5.32 Å². The largest absolute Gasteiger partial charge is 0.479 e. The number of amides is 1. The van der Waals surface area contributed by atoms with Crippen LogP contribution in [0.1, 0.15) is 21.5 Å². The van der Waals surface area contributed by atoms with Gasteiger partial charge in [-0.1, -0.05) is 78.3 Å². The number of halogens is 1. The zero-order valence-corrected chi connectivity index (χ0v) is 18.0. The van der Waals surface area contributed by atoms with Crippen LogP contribution in [0.5, 0.6) is 0 Å². The first-order chi connectivity index (χ1) is 15.5. The van der Waals surface area contributed by atoms with E-state index in [0.717, 1.165) is 22.3 Å². The van der Waals surface area contributed by atoms with Crippen LogP contribution in [-0.2, 0) is 22.5 Å². The van der Waals surface area contributed by atoms with Crippen LogP contribution in [0.15, 0.2) is 84.9 Å². The molecule has 4 rings (SSSR count). The minimum absolute atomic E-state index is 0.216. The molecule has 162 valence electrons. The molecule has 3 aromatic carbocycles. The normalized spacial score (nSPS) is 17.3. The maximum atomic E-state index is 12.7. The van der Waals surface area contributed by atoms with Gasteiger partial charge in [-0.2, -0.15) is 0 Å². The Labute approximate surface area is 191 Å². The van der Waals surface area contributed by atoms with Gasteiger partial charge < -0.3 is 15.2 Å². The highest BCUT2D eigenvalue weighted by Crippen LogP contribution is 2.27. The average molecular weight is 448 g/mol. The van der Waals surface area contributed by atoms with E-state index in [2.05, 4.69) is 5.32 Å². The third-order valence-electron chi connectivity index (χ3n) is 5.42. The van der Waals surface area contributed by atoms with Crippen molar-refractivity contribution >= 4 is 23.5 Å². The molecule has 6 heteroatoms. The summed E-state index contributed by atoms with van der Waals surface area (Å²) < 4.78 is 5.46. The Morgan fingerprint density at radius 2 is 1.75 bits per heavy atom. The van der Waals surface area contributed by atoms with Crippen LogP contribution < -0.4 is 5.32 Å². The Bertz CT molecular complexity index is 1180. The number of nitrogens with one attached hydrogen (secondary N) is 1. The first-order valence-electron chi connectivity index (χ1n) is 10.2. The number of rotatable bonds is 7. The van der Waals surface area contributed by atoms with Gasteiger partial charge in [0.05, 0.1) is 17.2 Å². The monoisotopic (exact) mass is 447 g/mol. The molecule has 0 saturated heterocycles. The molecule has 32 heavy (non-hydrogen) atoms. The predicted octanol–water partition coefficient (Wildman–Crippen LogP) is 4.89. The van der Waals surface area contributed by atoms with Crippen molar-refractivity contribution in [3.63, 3.8) is 0 Å². The zero-order chi connectivity index (χ0) is 22.6. The van der Waals surface area contributed by atoms with E-state index >= 15 is 0 Å². The van der Waals surface area contributed by atoms with E-state index in [4.69, 9.17) is 16.3 Å². The van der Waals surface area contributed by atoms with E-state index in [1.54, 1.807) is 24.3 Å². The number of carboxylic acids is 1. The molecule has 1 heterocycles. The number of carbonyl (C=O) groups excluding carboxylic acids is 1.